The molecule has 1 heterocycles. The Balaban J connectivity index is 1.57. The summed E-state index contributed by atoms with van der Waals surface area (Å²) in [5, 5.41) is 3.25. The highest BCUT2D eigenvalue weighted by Gasteiger charge is 2.39. The lowest BCUT2D eigenvalue weighted by molar-refractivity contribution is -0.121. The molecule has 26 heavy (non-hydrogen) atoms. The van der Waals surface area contributed by atoms with Gasteiger partial charge in [0.25, 0.3) is 0 Å². The van der Waals surface area contributed by atoms with E-state index >= 15 is 0 Å². The van der Waals surface area contributed by atoms with Gasteiger partial charge in [-0.1, -0.05) is 31.4 Å². The Hall–Kier alpha value is -1.59. The molecule has 1 aliphatic carbocycles. The van der Waals surface area contributed by atoms with E-state index in [4.69, 9.17) is 4.74 Å². The third kappa shape index (κ3) is 4.77. The number of amides is 1. The number of ether oxygens (including phenoxy) is 1. The van der Waals surface area contributed by atoms with Crippen LogP contribution < -0.4 is 10.1 Å². The minimum absolute atomic E-state index is 0.120. The third-order valence-corrected chi connectivity index (χ3v) is 6.10. The van der Waals surface area contributed by atoms with Crippen LogP contribution in [0, 0.1) is 0 Å². The van der Waals surface area contributed by atoms with Crippen LogP contribution in [-0.2, 0) is 11.2 Å². The lowest BCUT2D eigenvalue weighted by Gasteiger charge is -2.49. The summed E-state index contributed by atoms with van der Waals surface area (Å²) in [4.78, 5) is 17.6. The zero-order valence-electron chi connectivity index (χ0n) is 16.3. The van der Waals surface area contributed by atoms with Gasteiger partial charge in [0.15, 0.2) is 0 Å². The first-order chi connectivity index (χ1) is 12.6. The highest BCUT2D eigenvalue weighted by Crippen LogP contribution is 2.34. The minimum atomic E-state index is 0.120. The summed E-state index contributed by atoms with van der Waals surface area (Å²) in [5.74, 6) is 0.944. The Kier molecular flexibility index (Phi) is 6.54. The van der Waals surface area contributed by atoms with Gasteiger partial charge in [0.2, 0.25) is 5.91 Å². The van der Waals surface area contributed by atoms with Crippen LogP contribution >= 0.6 is 0 Å². The largest absolute Gasteiger partial charge is 0.497 e. The predicted molar refractivity (Wildman–Crippen MR) is 105 cm³/mol. The van der Waals surface area contributed by atoms with Gasteiger partial charge in [-0.3, -0.25) is 9.69 Å². The molecule has 0 aromatic heterocycles. The number of likely N-dealkylation sites (N-methyl/N-ethyl adjacent to an activating group) is 1. The molecule has 0 radical (unpaired) electrons. The van der Waals surface area contributed by atoms with Crippen LogP contribution in [-0.4, -0.2) is 68.1 Å². The van der Waals surface area contributed by atoms with E-state index in [1.54, 1.807) is 7.11 Å². The lowest BCUT2D eigenvalue weighted by atomic mass is 9.79. The Morgan fingerprint density at radius 3 is 2.35 bits per heavy atom. The second-order valence-corrected chi connectivity index (χ2v) is 7.88. The molecule has 3 rings (SSSR count). The summed E-state index contributed by atoms with van der Waals surface area (Å²) in [7, 11) is 3.85. The molecule has 0 unspecified atom stereocenters. The molecule has 5 heteroatoms. The van der Waals surface area contributed by atoms with E-state index in [1.807, 2.05) is 24.3 Å². The summed E-state index contributed by atoms with van der Waals surface area (Å²) in [6, 6.07) is 7.76. The molecular weight excluding hydrogens is 326 g/mol. The van der Waals surface area contributed by atoms with Gasteiger partial charge in [-0.05, 0) is 37.6 Å². The minimum Gasteiger partial charge on any atom is -0.497 e. The maximum atomic E-state index is 12.5. The van der Waals surface area contributed by atoms with Crippen molar-refractivity contribution in [3.8, 4) is 5.75 Å². The van der Waals surface area contributed by atoms with Crippen molar-refractivity contribution in [2.24, 2.45) is 0 Å². The van der Waals surface area contributed by atoms with Crippen LogP contribution in [0.3, 0.4) is 0 Å². The van der Waals surface area contributed by atoms with E-state index in [0.717, 1.165) is 44.0 Å². The third-order valence-electron chi connectivity index (χ3n) is 6.10. The van der Waals surface area contributed by atoms with Crippen molar-refractivity contribution in [2.45, 2.75) is 44.1 Å². The molecule has 1 N–H and O–H groups in total. The molecule has 0 atom stereocenters. The summed E-state index contributed by atoms with van der Waals surface area (Å²) >= 11 is 0. The van der Waals surface area contributed by atoms with Gasteiger partial charge in [0, 0.05) is 38.3 Å². The first-order valence-electron chi connectivity index (χ1n) is 9.94. The molecule has 1 saturated heterocycles. The van der Waals surface area contributed by atoms with E-state index in [9.17, 15) is 4.79 Å². The van der Waals surface area contributed by atoms with E-state index in [0.29, 0.717) is 6.42 Å². The maximum Gasteiger partial charge on any atom is 0.224 e. The Bertz CT molecular complexity index is 573. The fourth-order valence-corrected chi connectivity index (χ4v) is 4.35. The topological polar surface area (TPSA) is 44.8 Å². The highest BCUT2D eigenvalue weighted by atomic mass is 16.5. The summed E-state index contributed by atoms with van der Waals surface area (Å²) < 4.78 is 5.18. The van der Waals surface area contributed by atoms with Crippen LogP contribution in [0.5, 0.6) is 5.75 Å². The summed E-state index contributed by atoms with van der Waals surface area (Å²) in [5.41, 5.74) is 1.19. The second-order valence-electron chi connectivity index (χ2n) is 7.88. The van der Waals surface area contributed by atoms with Crippen molar-refractivity contribution in [1.29, 1.82) is 0 Å². The molecule has 1 amide bonds. The monoisotopic (exact) mass is 359 g/mol. The van der Waals surface area contributed by atoms with Gasteiger partial charge in [-0.2, -0.15) is 0 Å². The van der Waals surface area contributed by atoms with Crippen molar-refractivity contribution >= 4 is 5.91 Å². The summed E-state index contributed by atoms with van der Waals surface area (Å²) in [6.07, 6.45) is 6.73. The molecule has 1 aromatic carbocycles. The maximum absolute atomic E-state index is 12.5. The van der Waals surface area contributed by atoms with E-state index in [1.165, 1.54) is 32.1 Å². The molecule has 5 nitrogen and oxygen atoms in total. The normalized spacial score (nSPS) is 21.3. The standard InChI is InChI=1S/C21H33N3O2/c1-23-12-14-24(15-13-23)21(10-4-3-5-11-21)17-22-20(25)16-18-6-8-19(26-2)9-7-18/h6-9H,3-5,10-17H2,1-2H3,(H,22,25). The second kappa shape index (κ2) is 8.87. The van der Waals surface area contributed by atoms with E-state index in [2.05, 4.69) is 22.2 Å². The number of hydrogen-bond acceptors (Lipinski definition) is 4. The highest BCUT2D eigenvalue weighted by molar-refractivity contribution is 5.78. The van der Waals surface area contributed by atoms with Crippen molar-refractivity contribution < 1.29 is 9.53 Å². The van der Waals surface area contributed by atoms with Crippen LogP contribution in [0.25, 0.3) is 0 Å². The van der Waals surface area contributed by atoms with Crippen molar-refractivity contribution in [2.75, 3.05) is 46.9 Å². The molecule has 144 valence electrons. The Morgan fingerprint density at radius 2 is 1.73 bits per heavy atom. The molecule has 2 fully saturated rings. The average Bonchev–Trinajstić information content (AvgIpc) is 2.68. The predicted octanol–water partition coefficient (Wildman–Crippen LogP) is 2.30. The number of hydrogen-bond donors (Lipinski definition) is 1. The molecular formula is C21H33N3O2. The van der Waals surface area contributed by atoms with E-state index < -0.39 is 0 Å². The van der Waals surface area contributed by atoms with Gasteiger partial charge in [0.05, 0.1) is 13.5 Å². The number of carbonyl (C=O) groups excluding carboxylic acids is 1. The zero-order valence-corrected chi connectivity index (χ0v) is 16.3. The molecule has 0 bridgehead atoms. The zero-order chi connectivity index (χ0) is 18.4. The molecule has 0 spiro atoms. The number of benzene rings is 1. The van der Waals surface area contributed by atoms with Gasteiger partial charge in [-0.25, -0.2) is 0 Å². The van der Waals surface area contributed by atoms with Crippen molar-refractivity contribution in [3.05, 3.63) is 29.8 Å². The SMILES string of the molecule is COc1ccc(CC(=O)NCC2(N3CCN(C)CC3)CCCCC2)cc1. The lowest BCUT2D eigenvalue weighted by Crippen LogP contribution is -2.61. The number of nitrogens with one attached hydrogen (secondary N) is 1. The molecule has 1 saturated carbocycles. The van der Waals surface area contributed by atoms with Crippen LogP contribution in [0.15, 0.2) is 24.3 Å². The quantitative estimate of drug-likeness (QED) is 0.847. The van der Waals surface area contributed by atoms with Crippen molar-refractivity contribution in [1.82, 2.24) is 15.1 Å². The van der Waals surface area contributed by atoms with Crippen molar-refractivity contribution in [3.63, 3.8) is 0 Å². The fraction of sp³-hybridized carbons (Fsp3) is 0.667. The first-order valence-corrected chi connectivity index (χ1v) is 9.94. The number of rotatable bonds is 6. The van der Waals surface area contributed by atoms with Gasteiger partial charge in [0.1, 0.15) is 5.75 Å². The van der Waals surface area contributed by atoms with Crippen LogP contribution in [0.1, 0.15) is 37.7 Å². The smallest absolute Gasteiger partial charge is 0.224 e. The Labute approximate surface area is 157 Å². The van der Waals surface area contributed by atoms with E-state index in [-0.39, 0.29) is 11.4 Å². The summed E-state index contributed by atoms with van der Waals surface area (Å²) in [6.45, 7) is 5.27. The molecule has 1 aliphatic heterocycles. The average molecular weight is 360 g/mol. The van der Waals surface area contributed by atoms with Gasteiger partial charge >= 0.3 is 0 Å². The first kappa shape index (κ1) is 19.2. The number of carbonyl (C=O) groups is 1. The van der Waals surface area contributed by atoms with Gasteiger partial charge < -0.3 is 15.0 Å². The Morgan fingerprint density at radius 1 is 1.08 bits per heavy atom. The van der Waals surface area contributed by atoms with Crippen LogP contribution in [0.4, 0.5) is 0 Å². The number of nitrogens with zero attached hydrogens (tertiary/aromatic N) is 2. The number of methoxy groups -OCH3 is 1. The fourth-order valence-electron chi connectivity index (χ4n) is 4.35. The number of piperazine rings is 1. The van der Waals surface area contributed by atoms with Crippen LogP contribution in [0.2, 0.25) is 0 Å². The van der Waals surface area contributed by atoms with Gasteiger partial charge in [-0.15, -0.1) is 0 Å². The molecule has 1 aromatic rings. The molecule has 2 aliphatic rings.